The van der Waals surface area contributed by atoms with E-state index in [4.69, 9.17) is 68.0 Å². The van der Waals surface area contributed by atoms with Gasteiger partial charge in [0.25, 0.3) is 0 Å². The summed E-state index contributed by atoms with van der Waals surface area (Å²) in [5.41, 5.74) is 0.843. The molecule has 0 radical (unpaired) electrons. The monoisotopic (exact) mass is 921 g/mol. The Labute approximate surface area is 380 Å². The number of alkyl halides is 3. The summed E-state index contributed by atoms with van der Waals surface area (Å²) in [5, 5.41) is 14.3. The predicted octanol–water partition coefficient (Wildman–Crippen LogP) is 11.0. The quantitative estimate of drug-likeness (QED) is 0.0224. The molecule has 0 bridgehead atoms. The molecule has 61 heavy (non-hydrogen) atoms. The van der Waals surface area contributed by atoms with Crippen molar-refractivity contribution in [3.63, 3.8) is 0 Å². The molecule has 1 aliphatic heterocycles. The number of unbranched alkanes of at least 4 members (excludes halogenated alkanes) is 16. The topological polar surface area (TPSA) is 148 Å². The molecule has 350 valence electrons. The van der Waals surface area contributed by atoms with Crippen LogP contribution in [0.5, 0.6) is 5.75 Å². The molecule has 15 heteroatoms. The fourth-order valence-corrected chi connectivity index (χ4v) is 7.25. The highest BCUT2D eigenvalue weighted by molar-refractivity contribution is 6.67. The van der Waals surface area contributed by atoms with Crippen LogP contribution in [0, 0.1) is 0 Å². The average Bonchev–Trinajstić information content (AvgIpc) is 3.23. The summed E-state index contributed by atoms with van der Waals surface area (Å²) in [5.74, 6) is -0.410. The minimum absolute atomic E-state index is 0.0159. The molecular weight excluding hydrogens is 849 g/mol. The third-order valence-electron chi connectivity index (χ3n) is 10.5. The third kappa shape index (κ3) is 25.5. The summed E-state index contributed by atoms with van der Waals surface area (Å²) in [6.45, 7) is 7.55. The van der Waals surface area contributed by atoms with E-state index in [9.17, 15) is 19.5 Å². The van der Waals surface area contributed by atoms with E-state index in [0.29, 0.717) is 18.6 Å². The minimum atomic E-state index is -1.90. The number of carbonyl (C=O) groups is 3. The lowest BCUT2D eigenvalue weighted by atomic mass is 9.96. The summed E-state index contributed by atoms with van der Waals surface area (Å²) in [6, 6.07) is 6.00. The Morgan fingerprint density at radius 1 is 0.852 bits per heavy atom. The molecule has 1 fully saturated rings. The zero-order valence-corrected chi connectivity index (χ0v) is 39.2. The van der Waals surface area contributed by atoms with Crippen LogP contribution in [0.3, 0.4) is 0 Å². The van der Waals surface area contributed by atoms with Gasteiger partial charge in [0.1, 0.15) is 36.7 Å². The number of hydrogen-bond donors (Lipinski definition) is 2. The second-order valence-electron chi connectivity index (χ2n) is 15.8. The van der Waals surface area contributed by atoms with Crippen molar-refractivity contribution >= 4 is 52.8 Å². The number of rotatable bonds is 34. The van der Waals surface area contributed by atoms with E-state index in [1.165, 1.54) is 70.3 Å². The second kappa shape index (κ2) is 33.2. The molecular formula is C46H74Cl3NO11. The summed E-state index contributed by atoms with van der Waals surface area (Å²) in [4.78, 5) is 39.9. The Morgan fingerprint density at radius 2 is 1.43 bits per heavy atom. The van der Waals surface area contributed by atoms with Crippen LogP contribution in [-0.4, -0.2) is 90.6 Å². The molecule has 0 saturated carbocycles. The van der Waals surface area contributed by atoms with Crippen molar-refractivity contribution in [3.05, 3.63) is 42.5 Å². The number of hydrogen-bond acceptors (Lipinski definition) is 11. The number of amides is 1. The lowest BCUT2D eigenvalue weighted by Gasteiger charge is -2.43. The Balaban J connectivity index is 2.18. The first-order valence-corrected chi connectivity index (χ1v) is 23.7. The first-order valence-electron chi connectivity index (χ1n) is 22.6. The van der Waals surface area contributed by atoms with Crippen molar-refractivity contribution in [2.24, 2.45) is 0 Å². The van der Waals surface area contributed by atoms with Crippen molar-refractivity contribution in [2.75, 3.05) is 26.9 Å². The van der Waals surface area contributed by atoms with Gasteiger partial charge in [-0.1, -0.05) is 170 Å². The number of carbonyl (C=O) groups excluding carboxylic acids is 3. The fourth-order valence-electron chi connectivity index (χ4n) is 7.09. The number of methoxy groups -OCH3 is 1. The molecule has 1 heterocycles. The van der Waals surface area contributed by atoms with Crippen LogP contribution in [0.15, 0.2) is 36.9 Å². The molecule has 1 aliphatic rings. The van der Waals surface area contributed by atoms with Gasteiger partial charge in [-0.05, 0) is 37.0 Å². The van der Waals surface area contributed by atoms with Gasteiger partial charge < -0.3 is 43.6 Å². The summed E-state index contributed by atoms with van der Waals surface area (Å²) >= 11 is 17.4. The van der Waals surface area contributed by atoms with Gasteiger partial charge in [0.15, 0.2) is 12.4 Å². The summed E-state index contributed by atoms with van der Waals surface area (Å²) in [6.07, 6.45) is 15.1. The molecule has 0 aliphatic carbocycles. The first-order chi connectivity index (χ1) is 29.4. The minimum Gasteiger partial charge on any atom is -0.497 e. The number of halogens is 3. The molecule has 0 unspecified atom stereocenters. The van der Waals surface area contributed by atoms with Crippen LogP contribution in [0.1, 0.15) is 154 Å². The van der Waals surface area contributed by atoms with Gasteiger partial charge >= 0.3 is 18.0 Å². The number of aliphatic hydroxyl groups excluding tert-OH is 1. The van der Waals surface area contributed by atoms with E-state index in [1.54, 1.807) is 19.2 Å². The van der Waals surface area contributed by atoms with E-state index in [2.05, 4.69) is 25.7 Å². The first kappa shape index (κ1) is 54.8. The lowest BCUT2D eigenvalue weighted by Crippen LogP contribution is -2.66. The van der Waals surface area contributed by atoms with Gasteiger partial charge in [0.2, 0.25) is 3.79 Å². The number of ether oxygens (including phenoxy) is 7. The summed E-state index contributed by atoms with van der Waals surface area (Å²) < 4.78 is 38.2. The van der Waals surface area contributed by atoms with Gasteiger partial charge in [-0.3, -0.25) is 9.59 Å². The highest BCUT2D eigenvalue weighted by Crippen LogP contribution is 2.29. The lowest BCUT2D eigenvalue weighted by molar-refractivity contribution is -0.273. The molecule has 0 aromatic heterocycles. The Kier molecular flexibility index (Phi) is 29.9. The maximum absolute atomic E-state index is 13.8. The van der Waals surface area contributed by atoms with Gasteiger partial charge in [0.05, 0.1) is 33.4 Å². The standard InChI is InChI=1S/C46H74Cl3NO11/c1-5-8-10-12-14-16-18-20-22-24-37(59-39(51)25-23-21-19-17-15-13-11-9-6-2)31-40(52)61-43-41(50-45(54)58-34-46(47,48)49)44(57-30-7-3)60-38(42(43)53)33-56-32-35-26-28-36(55-4)29-27-35/h7,26-29,37-38,41-44,53H,3,5-6,8-25,30-34H2,1-2,4H3,(H,50,54)/t37-,38-,41-,42-,43-,44+/m1/s1. The van der Waals surface area contributed by atoms with Crippen LogP contribution >= 0.6 is 34.8 Å². The van der Waals surface area contributed by atoms with Crippen molar-refractivity contribution < 1.29 is 52.6 Å². The van der Waals surface area contributed by atoms with Gasteiger partial charge in [-0.25, -0.2) is 4.79 Å². The number of esters is 2. The molecule has 12 nitrogen and oxygen atoms in total. The van der Waals surface area contributed by atoms with E-state index in [1.807, 2.05) is 12.1 Å². The van der Waals surface area contributed by atoms with Crippen molar-refractivity contribution in [2.45, 2.75) is 196 Å². The molecule has 1 aromatic rings. The van der Waals surface area contributed by atoms with Gasteiger partial charge in [-0.15, -0.1) is 6.58 Å². The van der Waals surface area contributed by atoms with E-state index >= 15 is 0 Å². The maximum Gasteiger partial charge on any atom is 0.407 e. The summed E-state index contributed by atoms with van der Waals surface area (Å²) in [7, 11) is 1.58. The van der Waals surface area contributed by atoms with E-state index < -0.39 is 59.2 Å². The largest absolute Gasteiger partial charge is 0.497 e. The van der Waals surface area contributed by atoms with E-state index in [0.717, 1.165) is 50.5 Å². The van der Waals surface area contributed by atoms with Gasteiger partial charge in [0, 0.05) is 6.42 Å². The Hall–Kier alpha value is -2.32. The molecule has 2 N–H and O–H groups in total. The van der Waals surface area contributed by atoms with Crippen LogP contribution in [0.2, 0.25) is 0 Å². The normalized spacial score (nSPS) is 19.5. The zero-order chi connectivity index (χ0) is 44.7. The molecule has 6 atom stereocenters. The highest BCUT2D eigenvalue weighted by atomic mass is 35.6. The second-order valence-corrected chi connectivity index (χ2v) is 18.4. The van der Waals surface area contributed by atoms with Crippen LogP contribution in [-0.2, 0) is 44.6 Å². The average molecular weight is 923 g/mol. The molecule has 0 spiro atoms. The number of benzene rings is 1. The zero-order valence-electron chi connectivity index (χ0n) is 36.9. The number of nitrogens with one attached hydrogen (secondary N) is 1. The molecule has 2 rings (SSSR count). The number of alkyl carbamates (subject to hydrolysis) is 1. The predicted molar refractivity (Wildman–Crippen MR) is 240 cm³/mol. The maximum atomic E-state index is 13.8. The van der Waals surface area contributed by atoms with Crippen molar-refractivity contribution in [1.29, 1.82) is 0 Å². The third-order valence-corrected chi connectivity index (χ3v) is 10.8. The molecule has 1 amide bonds. The van der Waals surface area contributed by atoms with Gasteiger partial charge in [-0.2, -0.15) is 0 Å². The highest BCUT2D eigenvalue weighted by Gasteiger charge is 2.49. The van der Waals surface area contributed by atoms with Crippen molar-refractivity contribution in [1.82, 2.24) is 5.32 Å². The Bertz CT molecular complexity index is 1330. The molecule has 1 saturated heterocycles. The van der Waals surface area contributed by atoms with E-state index in [-0.39, 0.29) is 38.6 Å². The fraction of sp³-hybridized carbons (Fsp3) is 0.761. The van der Waals surface area contributed by atoms with Crippen LogP contribution < -0.4 is 10.1 Å². The van der Waals surface area contributed by atoms with Crippen LogP contribution in [0.25, 0.3) is 0 Å². The Morgan fingerprint density at radius 3 is 1.98 bits per heavy atom. The SMILES string of the molecule is C=CCO[C@H]1O[C@H](COCc2ccc(OC)cc2)[C@@H](O)[C@H](OC(=O)C[C@@H](CCCCCCCCCCC)OC(=O)CCCCCCCCCCC)[C@H]1NC(=O)OCC(Cl)(Cl)Cl. The molecule has 1 aromatic carbocycles. The van der Waals surface area contributed by atoms with Crippen molar-refractivity contribution in [3.8, 4) is 5.75 Å². The smallest absolute Gasteiger partial charge is 0.407 e. The number of aliphatic hydroxyl groups is 1. The van der Waals surface area contributed by atoms with Crippen LogP contribution in [0.4, 0.5) is 4.79 Å².